The van der Waals surface area contributed by atoms with E-state index in [1.165, 1.54) is 0 Å². The van der Waals surface area contributed by atoms with Gasteiger partial charge in [-0.1, -0.05) is 206 Å². The first-order chi connectivity index (χ1) is 42.1. The Bertz CT molecular complexity index is 2750. The van der Waals surface area contributed by atoms with Crippen LogP contribution in [0.1, 0.15) is 99.6 Å². The van der Waals surface area contributed by atoms with Crippen LogP contribution in [0.15, 0.2) is 192 Å². The Morgan fingerprint density at radius 1 is 0.419 bits per heavy atom. The van der Waals surface area contributed by atoms with Crippen molar-refractivity contribution < 1.29 is 47.5 Å². The molecule has 18 nitrogen and oxygen atoms in total. The lowest BCUT2D eigenvalue weighted by Crippen LogP contribution is -2.53. The van der Waals surface area contributed by atoms with Gasteiger partial charge < -0.3 is 47.7 Å². The van der Waals surface area contributed by atoms with Crippen molar-refractivity contribution >= 4 is 12.2 Å². The zero-order valence-corrected chi connectivity index (χ0v) is 50.1. The lowest BCUT2D eigenvalue weighted by molar-refractivity contribution is -0.251. The molecule has 456 valence electrons. The minimum absolute atomic E-state index is 0.0817. The molecule has 0 radical (unpaired) electrons. The van der Waals surface area contributed by atoms with Crippen LogP contribution in [0.5, 0.6) is 0 Å². The SMILES string of the molecule is CC1O[C@@H](OCCCCCN(Cc2ccccc2)C(=O)OCc2ccccc2)C(N=[N+]=[N-])[C@@H](C)[C@@H]1OCc1ccccc1.CC1O[C@H](OCCCCCN(Cc2ccccc2)C(=O)OCc2ccccc2)C(N=[N+]=[N-])[C@@H](C)[C@@H]1OCc1ccccc1. The van der Waals surface area contributed by atoms with Crippen LogP contribution in [0.4, 0.5) is 9.59 Å². The average molecular weight is 1170 g/mol. The molecule has 0 aliphatic carbocycles. The van der Waals surface area contributed by atoms with Crippen LogP contribution >= 0.6 is 0 Å². The molecule has 10 atom stereocenters. The number of carbonyl (C=O) groups is 2. The molecule has 2 fully saturated rings. The predicted octanol–water partition coefficient (Wildman–Crippen LogP) is 15.3. The predicted molar refractivity (Wildman–Crippen MR) is 329 cm³/mol. The molecule has 86 heavy (non-hydrogen) atoms. The number of hydrogen-bond acceptors (Lipinski definition) is 12. The highest BCUT2D eigenvalue weighted by Crippen LogP contribution is 2.34. The molecule has 0 spiro atoms. The molecule has 0 N–H and O–H groups in total. The molecular weight excluding hydrogens is 1090 g/mol. The molecule has 8 rings (SSSR count). The van der Waals surface area contributed by atoms with Gasteiger partial charge in [0.2, 0.25) is 0 Å². The smallest absolute Gasteiger partial charge is 0.410 e. The Morgan fingerprint density at radius 3 is 1.03 bits per heavy atom. The summed E-state index contributed by atoms with van der Waals surface area (Å²) in [6.07, 6.45) is 2.01. The van der Waals surface area contributed by atoms with E-state index >= 15 is 0 Å². The summed E-state index contributed by atoms with van der Waals surface area (Å²) in [6, 6.07) is 58.1. The molecule has 2 amide bonds. The van der Waals surface area contributed by atoms with Crippen molar-refractivity contribution in [1.82, 2.24) is 9.80 Å². The molecule has 2 saturated heterocycles. The van der Waals surface area contributed by atoms with E-state index in [0.29, 0.717) is 52.6 Å². The van der Waals surface area contributed by atoms with Gasteiger partial charge in [-0.15, -0.1) is 0 Å². The lowest BCUT2D eigenvalue weighted by atomic mass is 9.89. The molecule has 0 saturated carbocycles. The van der Waals surface area contributed by atoms with Gasteiger partial charge in [0.25, 0.3) is 0 Å². The maximum atomic E-state index is 13.0. The van der Waals surface area contributed by atoms with Crippen molar-refractivity contribution in [3.63, 3.8) is 0 Å². The standard InChI is InChI=1S/2C34H42N4O5/c2*1-26-31(36-37-35)33(43-27(2)32(26)41-24-29-17-9-4-10-18-29)40-22-14-6-13-21-38(23-28-15-7-3-8-16-28)34(39)42-25-30-19-11-5-12-20-30/h2*3-5,7-12,15-20,26-27,31-33H,6,13-14,21-25H2,1-2H3/t26-,27?,31?,32+,33+;26-,27?,31?,32+,33-/m11/s1. The Balaban J connectivity index is 0.000000246. The third-order valence-corrected chi connectivity index (χ3v) is 15.3. The first-order valence-corrected chi connectivity index (χ1v) is 30.0. The van der Waals surface area contributed by atoms with E-state index in [2.05, 4.69) is 20.1 Å². The van der Waals surface area contributed by atoms with Crippen molar-refractivity contribution in [3.05, 3.63) is 236 Å². The Hall–Kier alpha value is -7.76. The fourth-order valence-corrected chi connectivity index (χ4v) is 10.6. The molecule has 2 aliphatic heterocycles. The zero-order valence-electron chi connectivity index (χ0n) is 50.1. The van der Waals surface area contributed by atoms with Crippen LogP contribution in [0, 0.1) is 11.8 Å². The van der Waals surface area contributed by atoms with Gasteiger partial charge in [0.05, 0.1) is 49.7 Å². The van der Waals surface area contributed by atoms with Gasteiger partial charge in [-0.05, 0) is 109 Å². The lowest BCUT2D eigenvalue weighted by Gasteiger charge is -2.42. The van der Waals surface area contributed by atoms with E-state index in [0.717, 1.165) is 71.9 Å². The van der Waals surface area contributed by atoms with Crippen LogP contribution in [0.2, 0.25) is 0 Å². The fourth-order valence-electron chi connectivity index (χ4n) is 10.6. The summed E-state index contributed by atoms with van der Waals surface area (Å²) in [5.41, 5.74) is 24.6. The molecule has 2 aliphatic rings. The third-order valence-electron chi connectivity index (χ3n) is 15.3. The molecular formula is C68H84N8O10. The monoisotopic (exact) mass is 1170 g/mol. The van der Waals surface area contributed by atoms with E-state index in [4.69, 9.17) is 37.9 Å². The summed E-state index contributed by atoms with van der Waals surface area (Å²) >= 11 is 0. The Labute approximate surface area is 506 Å². The maximum Gasteiger partial charge on any atom is 0.410 e. The summed E-state index contributed by atoms with van der Waals surface area (Å²) < 4.78 is 48.1. The number of rotatable bonds is 30. The van der Waals surface area contributed by atoms with Gasteiger partial charge in [-0.3, -0.25) is 0 Å². The minimum atomic E-state index is -0.639. The summed E-state index contributed by atoms with van der Waals surface area (Å²) in [7, 11) is 0. The maximum absolute atomic E-state index is 13.0. The van der Waals surface area contributed by atoms with E-state index in [9.17, 15) is 20.7 Å². The van der Waals surface area contributed by atoms with Gasteiger partial charge >= 0.3 is 12.2 Å². The normalized spacial score (nSPS) is 21.5. The van der Waals surface area contributed by atoms with Gasteiger partial charge in [0, 0.05) is 49.2 Å². The first-order valence-electron chi connectivity index (χ1n) is 30.0. The number of unbranched alkanes of at least 4 members (excludes halogenated alkanes) is 4. The van der Waals surface area contributed by atoms with Gasteiger partial charge in [-0.2, -0.15) is 0 Å². The molecule has 0 bridgehead atoms. The van der Waals surface area contributed by atoms with Crippen molar-refractivity contribution in [1.29, 1.82) is 0 Å². The molecule has 18 heteroatoms. The number of carbonyl (C=O) groups excluding carboxylic acids is 2. The molecule has 6 aromatic carbocycles. The Kier molecular flexibility index (Phi) is 28.3. The summed E-state index contributed by atoms with van der Waals surface area (Å²) in [6.45, 7) is 12.4. The van der Waals surface area contributed by atoms with Crippen molar-refractivity contribution in [2.24, 2.45) is 22.1 Å². The number of azide groups is 2. The average Bonchev–Trinajstić information content (AvgIpc) is 2.88. The fraction of sp³-hybridized carbons (Fsp3) is 0.441. The van der Waals surface area contributed by atoms with Crippen LogP contribution < -0.4 is 0 Å². The highest BCUT2D eigenvalue weighted by atomic mass is 16.7. The van der Waals surface area contributed by atoms with Crippen LogP contribution in [-0.2, 0) is 77.4 Å². The van der Waals surface area contributed by atoms with Gasteiger partial charge in [0.15, 0.2) is 12.6 Å². The van der Waals surface area contributed by atoms with Crippen LogP contribution in [0.25, 0.3) is 20.9 Å². The number of benzene rings is 6. The summed E-state index contributed by atoms with van der Waals surface area (Å²) in [5.74, 6) is -0.163. The largest absolute Gasteiger partial charge is 0.445 e. The quantitative estimate of drug-likeness (QED) is 0.0180. The van der Waals surface area contributed by atoms with Crippen molar-refractivity contribution in [2.75, 3.05) is 26.3 Å². The second-order valence-electron chi connectivity index (χ2n) is 21.8. The second kappa shape index (κ2) is 36.9. The van der Waals surface area contributed by atoms with Crippen LogP contribution in [0.3, 0.4) is 0 Å². The number of amides is 2. The molecule has 2 heterocycles. The summed E-state index contributed by atoms with van der Waals surface area (Å²) in [4.78, 5) is 35.6. The van der Waals surface area contributed by atoms with Gasteiger partial charge in [-0.25, -0.2) is 9.59 Å². The van der Waals surface area contributed by atoms with Crippen molar-refractivity contribution in [2.45, 2.75) is 155 Å². The van der Waals surface area contributed by atoms with E-state index in [1.54, 1.807) is 9.80 Å². The van der Waals surface area contributed by atoms with Crippen molar-refractivity contribution in [3.8, 4) is 0 Å². The number of ether oxygens (including phenoxy) is 8. The van der Waals surface area contributed by atoms with Gasteiger partial charge in [0.1, 0.15) is 13.2 Å². The third kappa shape index (κ3) is 21.9. The minimum Gasteiger partial charge on any atom is -0.445 e. The number of hydrogen-bond donors (Lipinski definition) is 0. The summed E-state index contributed by atoms with van der Waals surface area (Å²) in [5, 5.41) is 8.03. The topological polar surface area (TPSA) is 212 Å². The molecule has 0 aromatic heterocycles. The highest BCUT2D eigenvalue weighted by Gasteiger charge is 2.44. The zero-order chi connectivity index (χ0) is 60.6. The second-order valence-corrected chi connectivity index (χ2v) is 21.8. The first kappa shape index (κ1) is 65.8. The Morgan fingerprint density at radius 2 is 0.721 bits per heavy atom. The molecule has 6 aromatic rings. The van der Waals surface area contributed by atoms with E-state index in [1.807, 2.05) is 210 Å². The molecule has 4 unspecified atom stereocenters. The van der Waals surface area contributed by atoms with E-state index < -0.39 is 24.7 Å². The highest BCUT2D eigenvalue weighted by molar-refractivity contribution is 5.68. The van der Waals surface area contributed by atoms with Crippen LogP contribution in [-0.4, -0.2) is 97.4 Å². The van der Waals surface area contributed by atoms with E-state index in [-0.39, 0.29) is 61.7 Å². The number of nitrogens with zero attached hydrogens (tertiary/aromatic N) is 8.